The summed E-state index contributed by atoms with van der Waals surface area (Å²) in [7, 11) is 0. The van der Waals surface area contributed by atoms with Crippen molar-refractivity contribution >= 4 is 5.91 Å². The van der Waals surface area contributed by atoms with E-state index in [2.05, 4.69) is 5.32 Å². The van der Waals surface area contributed by atoms with Crippen molar-refractivity contribution in [1.82, 2.24) is 5.32 Å². The van der Waals surface area contributed by atoms with Gasteiger partial charge in [0, 0.05) is 5.56 Å². The van der Waals surface area contributed by atoms with Gasteiger partial charge in [-0.3, -0.25) is 4.79 Å². The molecule has 1 N–H and O–H groups in total. The lowest BCUT2D eigenvalue weighted by Crippen LogP contribution is -2.41. The third kappa shape index (κ3) is 3.15. The number of nitriles is 1. The van der Waals surface area contributed by atoms with Crippen LogP contribution in [0.25, 0.3) is 0 Å². The lowest BCUT2D eigenvalue weighted by atomic mass is 9.94. The fourth-order valence-corrected chi connectivity index (χ4v) is 2.15. The number of aryl methyl sites for hydroxylation is 1. The van der Waals surface area contributed by atoms with Gasteiger partial charge >= 0.3 is 0 Å². The van der Waals surface area contributed by atoms with E-state index in [1.807, 2.05) is 37.3 Å². The van der Waals surface area contributed by atoms with Crippen molar-refractivity contribution < 1.29 is 9.18 Å². The van der Waals surface area contributed by atoms with Crippen LogP contribution in [0.1, 0.15) is 29.7 Å². The first-order valence-electron chi connectivity index (χ1n) is 7.00. The van der Waals surface area contributed by atoms with Crippen molar-refractivity contribution in [1.29, 1.82) is 5.26 Å². The zero-order valence-corrected chi connectivity index (χ0v) is 12.5. The van der Waals surface area contributed by atoms with Crippen LogP contribution < -0.4 is 5.32 Å². The Labute approximate surface area is 129 Å². The molecule has 0 bridgehead atoms. The summed E-state index contributed by atoms with van der Waals surface area (Å²) in [5.41, 5.74) is -0.878. The molecule has 0 aromatic heterocycles. The number of hydrogen-bond donors (Lipinski definition) is 1. The highest BCUT2D eigenvalue weighted by Gasteiger charge is 2.41. The molecule has 1 unspecified atom stereocenters. The molecule has 0 spiro atoms. The second kappa shape index (κ2) is 6.40. The van der Waals surface area contributed by atoms with Crippen LogP contribution in [-0.2, 0) is 10.5 Å². The maximum absolute atomic E-state index is 14.9. The van der Waals surface area contributed by atoms with Crippen LogP contribution >= 0.6 is 0 Å². The summed E-state index contributed by atoms with van der Waals surface area (Å²) in [6.45, 7) is 3.60. The minimum atomic E-state index is -2.70. The van der Waals surface area contributed by atoms with E-state index in [-0.39, 0.29) is 11.6 Å². The Balaban J connectivity index is 2.22. The van der Waals surface area contributed by atoms with Gasteiger partial charge in [0.25, 0.3) is 11.6 Å². The molecule has 0 aliphatic carbocycles. The highest BCUT2D eigenvalue weighted by atomic mass is 19.1. The molecule has 2 aromatic carbocycles. The smallest absolute Gasteiger partial charge is 0.298 e. The van der Waals surface area contributed by atoms with E-state index in [1.54, 1.807) is 19.1 Å². The fraction of sp³-hybridized carbons (Fsp3) is 0.222. The maximum Gasteiger partial charge on any atom is 0.298 e. The van der Waals surface area contributed by atoms with E-state index in [1.165, 1.54) is 18.2 Å². The number of nitrogens with zero attached hydrogens (tertiary/aromatic N) is 1. The van der Waals surface area contributed by atoms with Gasteiger partial charge in [-0.25, -0.2) is 4.39 Å². The van der Waals surface area contributed by atoms with Crippen LogP contribution in [0.5, 0.6) is 0 Å². The Hall–Kier alpha value is -2.67. The Morgan fingerprint density at radius 3 is 2.32 bits per heavy atom. The van der Waals surface area contributed by atoms with E-state index in [4.69, 9.17) is 0 Å². The van der Waals surface area contributed by atoms with Crippen LogP contribution in [0, 0.1) is 18.3 Å². The molecule has 2 atom stereocenters. The first-order valence-corrected chi connectivity index (χ1v) is 7.00. The number of halogens is 1. The van der Waals surface area contributed by atoms with Crippen molar-refractivity contribution in [2.75, 3.05) is 0 Å². The summed E-state index contributed by atoms with van der Waals surface area (Å²) in [6.07, 6.45) is 0. The second-order valence-corrected chi connectivity index (χ2v) is 5.24. The van der Waals surface area contributed by atoms with Crippen LogP contribution in [0.3, 0.4) is 0 Å². The van der Waals surface area contributed by atoms with Crippen molar-refractivity contribution in [3.63, 3.8) is 0 Å². The number of benzene rings is 2. The highest BCUT2D eigenvalue weighted by Crippen LogP contribution is 2.27. The fourth-order valence-electron chi connectivity index (χ4n) is 2.15. The Bertz CT molecular complexity index is 691. The van der Waals surface area contributed by atoms with Gasteiger partial charge in [-0.15, -0.1) is 0 Å². The molecule has 1 amide bonds. The third-order valence-electron chi connectivity index (χ3n) is 3.56. The number of amides is 1. The number of carbonyl (C=O) groups is 1. The van der Waals surface area contributed by atoms with Crippen molar-refractivity contribution in [3.05, 3.63) is 71.3 Å². The predicted molar refractivity (Wildman–Crippen MR) is 82.6 cm³/mol. The van der Waals surface area contributed by atoms with Gasteiger partial charge in [0.05, 0.1) is 6.04 Å². The minimum absolute atomic E-state index is 0.0401. The van der Waals surface area contributed by atoms with E-state index >= 15 is 0 Å². The molecular formula is C18H17FN2O. The van der Waals surface area contributed by atoms with Gasteiger partial charge in [0.15, 0.2) is 0 Å². The summed E-state index contributed by atoms with van der Waals surface area (Å²) in [5.74, 6) is -0.949. The molecule has 0 saturated heterocycles. The van der Waals surface area contributed by atoms with Gasteiger partial charge in [-0.05, 0) is 19.4 Å². The summed E-state index contributed by atoms with van der Waals surface area (Å²) in [4.78, 5) is 12.3. The quantitative estimate of drug-likeness (QED) is 0.938. The molecule has 0 heterocycles. The first kappa shape index (κ1) is 15.7. The van der Waals surface area contributed by atoms with E-state index in [0.717, 1.165) is 11.1 Å². The zero-order chi connectivity index (χ0) is 16.2. The molecule has 0 saturated carbocycles. The summed E-state index contributed by atoms with van der Waals surface area (Å²) in [6, 6.07) is 16.6. The van der Waals surface area contributed by atoms with Crippen LogP contribution in [0.15, 0.2) is 54.6 Å². The van der Waals surface area contributed by atoms with Crippen molar-refractivity contribution in [3.8, 4) is 6.07 Å². The second-order valence-electron chi connectivity index (χ2n) is 5.24. The largest absolute Gasteiger partial charge is 0.346 e. The molecule has 2 rings (SSSR count). The van der Waals surface area contributed by atoms with Crippen molar-refractivity contribution in [2.24, 2.45) is 0 Å². The highest BCUT2D eigenvalue weighted by molar-refractivity contribution is 5.89. The third-order valence-corrected chi connectivity index (χ3v) is 3.56. The van der Waals surface area contributed by atoms with Gasteiger partial charge < -0.3 is 5.32 Å². The van der Waals surface area contributed by atoms with E-state index in [0.29, 0.717) is 0 Å². The van der Waals surface area contributed by atoms with Gasteiger partial charge in [-0.2, -0.15) is 5.26 Å². The van der Waals surface area contributed by atoms with Crippen LogP contribution in [-0.4, -0.2) is 5.91 Å². The first-order chi connectivity index (χ1) is 10.5. The molecule has 0 radical (unpaired) electrons. The lowest BCUT2D eigenvalue weighted by molar-refractivity contribution is -0.130. The number of hydrogen-bond acceptors (Lipinski definition) is 2. The van der Waals surface area contributed by atoms with Crippen LogP contribution in [0.2, 0.25) is 0 Å². The zero-order valence-electron chi connectivity index (χ0n) is 12.5. The molecule has 0 aliphatic rings. The van der Waals surface area contributed by atoms with Crippen molar-refractivity contribution in [2.45, 2.75) is 25.6 Å². The SMILES string of the molecule is Cc1ccc([C@](F)(C#N)C(=O)NC(C)c2ccccc2)cc1. The van der Waals surface area contributed by atoms with Gasteiger partial charge in [0.1, 0.15) is 6.07 Å². The van der Waals surface area contributed by atoms with Crippen LogP contribution in [0.4, 0.5) is 4.39 Å². The molecule has 0 fully saturated rings. The molecule has 3 nitrogen and oxygen atoms in total. The summed E-state index contributed by atoms with van der Waals surface area (Å²) >= 11 is 0. The lowest BCUT2D eigenvalue weighted by Gasteiger charge is -2.21. The maximum atomic E-state index is 14.9. The molecule has 4 heteroatoms. The number of nitrogens with one attached hydrogen (secondary N) is 1. The number of rotatable bonds is 4. The molecule has 2 aromatic rings. The Kier molecular flexibility index (Phi) is 4.57. The standard InChI is InChI=1S/C18H17FN2O/c1-13-8-10-16(11-9-13)18(19,12-20)17(22)21-14(2)15-6-4-3-5-7-15/h3-11,14H,1-2H3,(H,21,22)/t14?,18-/m1/s1. The molecule has 0 aliphatic heterocycles. The number of alkyl halides is 1. The minimum Gasteiger partial charge on any atom is -0.346 e. The van der Waals surface area contributed by atoms with E-state index in [9.17, 15) is 14.4 Å². The van der Waals surface area contributed by atoms with E-state index < -0.39 is 11.6 Å². The predicted octanol–water partition coefficient (Wildman–Crippen LogP) is 3.56. The molecule has 112 valence electrons. The van der Waals surface area contributed by atoms with Gasteiger partial charge in [-0.1, -0.05) is 60.2 Å². The average molecular weight is 296 g/mol. The number of carbonyl (C=O) groups excluding carboxylic acids is 1. The van der Waals surface area contributed by atoms with Gasteiger partial charge in [0.2, 0.25) is 0 Å². The normalized spacial score (nSPS) is 14.5. The Morgan fingerprint density at radius 1 is 1.18 bits per heavy atom. The monoisotopic (exact) mass is 296 g/mol. The Morgan fingerprint density at radius 2 is 1.77 bits per heavy atom. The molecular weight excluding hydrogens is 279 g/mol. The summed E-state index contributed by atoms with van der Waals surface area (Å²) < 4.78 is 14.9. The topological polar surface area (TPSA) is 52.9 Å². The molecule has 22 heavy (non-hydrogen) atoms. The average Bonchev–Trinajstić information content (AvgIpc) is 2.55. The summed E-state index contributed by atoms with van der Waals surface area (Å²) in [5, 5.41) is 11.7.